The van der Waals surface area contributed by atoms with Gasteiger partial charge in [-0.25, -0.2) is 0 Å². The zero-order chi connectivity index (χ0) is 10.9. The van der Waals surface area contributed by atoms with E-state index in [1.807, 2.05) is 0 Å². The first kappa shape index (κ1) is 13.4. The van der Waals surface area contributed by atoms with Gasteiger partial charge in [0, 0.05) is 0 Å². The van der Waals surface area contributed by atoms with Gasteiger partial charge in [-0.2, -0.15) is 5.26 Å². The third-order valence-corrected chi connectivity index (χ3v) is 2.87. The molecule has 0 amide bonds. The molecule has 0 spiro atoms. The Morgan fingerprint density at radius 1 is 1.00 bits per heavy atom. The second-order valence-electron chi connectivity index (χ2n) is 4.41. The van der Waals surface area contributed by atoms with Crippen LogP contribution >= 0.6 is 0 Å². The summed E-state index contributed by atoms with van der Waals surface area (Å²) in [5.41, 5.74) is 0. The molecule has 2 heteroatoms. The van der Waals surface area contributed by atoms with Crippen LogP contribution < -0.4 is 0 Å². The van der Waals surface area contributed by atoms with Gasteiger partial charge in [-0.3, -0.25) is 0 Å². The fraction of sp³-hybridized carbons (Fsp3) is 0.917. The molecule has 0 N–H and O–H groups in total. The van der Waals surface area contributed by atoms with E-state index >= 15 is 0 Å². The molecule has 0 bridgehead atoms. The number of unbranched alkanes of at least 4 members (excludes halogenated alkanes) is 2. The summed E-state index contributed by atoms with van der Waals surface area (Å²) in [5, 5.41) is 8.62. The minimum Gasteiger partial charge on any atom is -0.325 e. The lowest BCUT2D eigenvalue weighted by Crippen LogP contribution is -2.46. The van der Waals surface area contributed by atoms with E-state index in [0.717, 1.165) is 11.0 Å². The molecule has 0 rings (SSSR count). The molecule has 0 unspecified atom stereocenters. The van der Waals surface area contributed by atoms with Crippen LogP contribution in [0.5, 0.6) is 0 Å². The monoisotopic (exact) mass is 197 g/mol. The van der Waals surface area contributed by atoms with Crippen LogP contribution in [0.15, 0.2) is 0 Å². The molecule has 0 aromatic rings. The lowest BCUT2D eigenvalue weighted by atomic mass is 10.2. The number of hydrogen-bond donors (Lipinski definition) is 0. The standard InChI is InChI=1S/C12H25N2/c1-4-6-10-14(3,11-7-5-2)12-8-9-13/h4-8,10-12H2,1-3H3/q+1. The zero-order valence-corrected chi connectivity index (χ0v) is 10.1. The van der Waals surface area contributed by atoms with E-state index < -0.39 is 0 Å². The molecular weight excluding hydrogens is 172 g/mol. The lowest BCUT2D eigenvalue weighted by Gasteiger charge is -2.34. The molecule has 0 saturated carbocycles. The molecule has 0 heterocycles. The Balaban J connectivity index is 3.97. The molecule has 0 aromatic heterocycles. The third kappa shape index (κ3) is 5.99. The second-order valence-corrected chi connectivity index (χ2v) is 4.41. The summed E-state index contributed by atoms with van der Waals surface area (Å²) in [4.78, 5) is 0. The van der Waals surface area contributed by atoms with E-state index in [2.05, 4.69) is 27.0 Å². The molecule has 0 saturated heterocycles. The van der Waals surface area contributed by atoms with Gasteiger partial charge in [-0.15, -0.1) is 0 Å². The van der Waals surface area contributed by atoms with Gasteiger partial charge in [0.25, 0.3) is 0 Å². The summed E-state index contributed by atoms with van der Waals surface area (Å²) < 4.78 is 1.09. The number of rotatable bonds is 8. The second kappa shape index (κ2) is 7.82. The van der Waals surface area contributed by atoms with Crippen LogP contribution in [0.1, 0.15) is 46.0 Å². The molecule has 0 atom stereocenters. The Morgan fingerprint density at radius 2 is 1.50 bits per heavy atom. The average Bonchev–Trinajstić information content (AvgIpc) is 2.21. The highest BCUT2D eigenvalue weighted by molar-refractivity contribution is 4.67. The maximum Gasteiger partial charge on any atom is 0.0916 e. The largest absolute Gasteiger partial charge is 0.325 e. The van der Waals surface area contributed by atoms with Crippen molar-refractivity contribution in [2.24, 2.45) is 0 Å². The Morgan fingerprint density at radius 3 is 1.86 bits per heavy atom. The van der Waals surface area contributed by atoms with Crippen molar-refractivity contribution >= 4 is 0 Å². The normalized spacial score (nSPS) is 11.3. The maximum absolute atomic E-state index is 8.62. The molecule has 82 valence electrons. The van der Waals surface area contributed by atoms with Crippen LogP contribution in [0.4, 0.5) is 0 Å². The highest BCUT2D eigenvalue weighted by Crippen LogP contribution is 2.09. The van der Waals surface area contributed by atoms with Gasteiger partial charge < -0.3 is 4.48 Å². The predicted molar refractivity (Wildman–Crippen MR) is 60.8 cm³/mol. The number of hydrogen-bond acceptors (Lipinski definition) is 1. The van der Waals surface area contributed by atoms with Crippen LogP contribution in [-0.4, -0.2) is 31.2 Å². The van der Waals surface area contributed by atoms with Crippen molar-refractivity contribution in [3.63, 3.8) is 0 Å². The molecule has 0 radical (unpaired) electrons. The van der Waals surface area contributed by atoms with Gasteiger partial charge in [0.15, 0.2) is 0 Å². The van der Waals surface area contributed by atoms with Gasteiger partial charge in [0.1, 0.15) is 0 Å². The zero-order valence-electron chi connectivity index (χ0n) is 10.1. The predicted octanol–water partition coefficient (Wildman–Crippen LogP) is 2.95. The van der Waals surface area contributed by atoms with Crippen molar-refractivity contribution in [1.29, 1.82) is 5.26 Å². The Labute approximate surface area is 89.1 Å². The summed E-state index contributed by atoms with van der Waals surface area (Å²) in [6.07, 6.45) is 5.78. The highest BCUT2D eigenvalue weighted by Gasteiger charge is 2.19. The van der Waals surface area contributed by atoms with E-state index in [4.69, 9.17) is 5.26 Å². The number of quaternary nitrogens is 1. The van der Waals surface area contributed by atoms with E-state index in [9.17, 15) is 0 Å². The Hall–Kier alpha value is -0.550. The van der Waals surface area contributed by atoms with E-state index in [1.54, 1.807) is 0 Å². The first-order valence-electron chi connectivity index (χ1n) is 5.89. The van der Waals surface area contributed by atoms with E-state index in [1.165, 1.54) is 38.8 Å². The molecule has 2 nitrogen and oxygen atoms in total. The smallest absolute Gasteiger partial charge is 0.0916 e. The van der Waals surface area contributed by atoms with Crippen LogP contribution in [0.2, 0.25) is 0 Å². The number of nitrogens with zero attached hydrogens (tertiary/aromatic N) is 2. The van der Waals surface area contributed by atoms with Crippen molar-refractivity contribution < 1.29 is 4.48 Å². The number of nitriles is 1. The van der Waals surface area contributed by atoms with Gasteiger partial charge in [0.05, 0.1) is 39.2 Å². The van der Waals surface area contributed by atoms with E-state index in [0.29, 0.717) is 6.42 Å². The van der Waals surface area contributed by atoms with Gasteiger partial charge in [-0.1, -0.05) is 26.7 Å². The van der Waals surface area contributed by atoms with Gasteiger partial charge in [0.2, 0.25) is 0 Å². The molecule has 0 aliphatic carbocycles. The van der Waals surface area contributed by atoms with Crippen LogP contribution in [-0.2, 0) is 0 Å². The molecule has 0 aliphatic rings. The summed E-state index contributed by atoms with van der Waals surface area (Å²) in [7, 11) is 2.29. The lowest BCUT2D eigenvalue weighted by molar-refractivity contribution is -0.909. The SMILES string of the molecule is CCCC[N+](C)(CCC#N)CCCC. The van der Waals surface area contributed by atoms with Crippen LogP contribution in [0.25, 0.3) is 0 Å². The molecule has 14 heavy (non-hydrogen) atoms. The van der Waals surface area contributed by atoms with Crippen molar-refractivity contribution in [2.45, 2.75) is 46.0 Å². The topological polar surface area (TPSA) is 23.8 Å². The minimum atomic E-state index is 0.698. The summed E-state index contributed by atoms with van der Waals surface area (Å²) >= 11 is 0. The van der Waals surface area contributed by atoms with Crippen LogP contribution in [0.3, 0.4) is 0 Å². The average molecular weight is 197 g/mol. The third-order valence-electron chi connectivity index (χ3n) is 2.87. The molecule has 0 fully saturated rings. The van der Waals surface area contributed by atoms with Crippen molar-refractivity contribution in [1.82, 2.24) is 0 Å². The molecule has 0 aliphatic heterocycles. The molecule has 0 aromatic carbocycles. The fourth-order valence-electron chi connectivity index (χ4n) is 1.73. The van der Waals surface area contributed by atoms with Gasteiger partial charge in [-0.05, 0) is 12.8 Å². The Kier molecular flexibility index (Phi) is 7.51. The maximum atomic E-state index is 8.62. The summed E-state index contributed by atoms with van der Waals surface area (Å²) in [6.45, 7) is 7.95. The summed E-state index contributed by atoms with van der Waals surface area (Å²) in [5.74, 6) is 0. The first-order valence-corrected chi connectivity index (χ1v) is 5.89. The Bertz CT molecular complexity index is 162. The van der Waals surface area contributed by atoms with Crippen molar-refractivity contribution in [3.05, 3.63) is 0 Å². The fourth-order valence-corrected chi connectivity index (χ4v) is 1.73. The van der Waals surface area contributed by atoms with Crippen LogP contribution in [0, 0.1) is 11.3 Å². The molecular formula is C12H25N2+. The summed E-state index contributed by atoms with van der Waals surface area (Å²) in [6, 6.07) is 2.26. The minimum absolute atomic E-state index is 0.698. The first-order chi connectivity index (χ1) is 6.68. The van der Waals surface area contributed by atoms with E-state index in [-0.39, 0.29) is 0 Å². The van der Waals surface area contributed by atoms with Crippen molar-refractivity contribution in [2.75, 3.05) is 26.7 Å². The van der Waals surface area contributed by atoms with Gasteiger partial charge >= 0.3 is 0 Å². The van der Waals surface area contributed by atoms with Crippen molar-refractivity contribution in [3.8, 4) is 6.07 Å². The quantitative estimate of drug-likeness (QED) is 0.549. The highest BCUT2D eigenvalue weighted by atomic mass is 15.3.